The molecule has 102 valence electrons. The number of sulfonamides is 1. The molecule has 0 aromatic heterocycles. The molecule has 0 aliphatic heterocycles. The number of hydrogen-bond donors (Lipinski definition) is 1. The van der Waals surface area contributed by atoms with Crippen LogP contribution in [-0.2, 0) is 15.8 Å². The van der Waals surface area contributed by atoms with Gasteiger partial charge in [0.15, 0.2) is 0 Å². The number of para-hydroxylation sites is 1. The van der Waals surface area contributed by atoms with Crippen molar-refractivity contribution in [1.82, 2.24) is 4.31 Å². The summed E-state index contributed by atoms with van der Waals surface area (Å²) in [6, 6.07) is 9.04. The van der Waals surface area contributed by atoms with Gasteiger partial charge in [0.1, 0.15) is 0 Å². The third kappa shape index (κ3) is 3.46. The number of benzene rings is 1. The fraction of sp³-hybridized carbons (Fsp3) is 0.462. The van der Waals surface area contributed by atoms with Gasteiger partial charge in [0.25, 0.3) is 0 Å². The smallest absolute Gasteiger partial charge is 0.218 e. The van der Waals surface area contributed by atoms with Gasteiger partial charge in [-0.2, -0.15) is 9.57 Å². The van der Waals surface area contributed by atoms with Crippen LogP contribution in [0.3, 0.4) is 0 Å². The maximum absolute atomic E-state index is 12.4. The van der Waals surface area contributed by atoms with Crippen molar-refractivity contribution in [3.05, 3.63) is 29.8 Å². The first kappa shape index (κ1) is 13.8. The second-order valence-electron chi connectivity index (χ2n) is 4.71. The second kappa shape index (κ2) is 5.59. The number of nitrogens with zero attached hydrogens (tertiary/aromatic N) is 2. The van der Waals surface area contributed by atoms with Crippen LogP contribution in [0.5, 0.6) is 0 Å². The predicted octanol–water partition coefficient (Wildman–Crippen LogP) is 1.48. The van der Waals surface area contributed by atoms with Gasteiger partial charge >= 0.3 is 0 Å². The largest absolute Gasteiger partial charge is 0.398 e. The standard InChI is InChI=1S/C13H17N3O2S/c14-8-3-9-16(12-6-7-12)19(17,18)10-11-4-1-2-5-13(11)15/h1-2,4-5,12H,3,6-7,9-10,15H2. The topological polar surface area (TPSA) is 87.2 Å². The molecule has 0 unspecified atom stereocenters. The van der Waals surface area contributed by atoms with E-state index in [1.54, 1.807) is 24.3 Å². The number of nitriles is 1. The van der Waals surface area contributed by atoms with Crippen LogP contribution in [0.1, 0.15) is 24.8 Å². The normalized spacial score (nSPS) is 15.4. The van der Waals surface area contributed by atoms with E-state index in [4.69, 9.17) is 11.0 Å². The van der Waals surface area contributed by atoms with Crippen LogP contribution in [0, 0.1) is 11.3 Å². The van der Waals surface area contributed by atoms with Crippen molar-refractivity contribution in [3.8, 4) is 6.07 Å². The Morgan fingerprint density at radius 3 is 2.63 bits per heavy atom. The molecule has 2 N–H and O–H groups in total. The Hall–Kier alpha value is -1.58. The van der Waals surface area contributed by atoms with Gasteiger partial charge in [-0.25, -0.2) is 8.42 Å². The molecule has 2 rings (SSSR count). The monoisotopic (exact) mass is 279 g/mol. The minimum absolute atomic E-state index is 0.0725. The zero-order valence-electron chi connectivity index (χ0n) is 10.6. The highest BCUT2D eigenvalue weighted by Gasteiger charge is 2.36. The molecule has 1 aromatic rings. The molecule has 0 amide bonds. The van der Waals surface area contributed by atoms with E-state index in [9.17, 15) is 8.42 Å². The van der Waals surface area contributed by atoms with Crippen molar-refractivity contribution in [3.63, 3.8) is 0 Å². The van der Waals surface area contributed by atoms with Crippen LogP contribution in [0.4, 0.5) is 5.69 Å². The molecule has 1 fully saturated rings. The van der Waals surface area contributed by atoms with Gasteiger partial charge in [-0.3, -0.25) is 0 Å². The molecule has 0 radical (unpaired) electrons. The number of anilines is 1. The van der Waals surface area contributed by atoms with Gasteiger partial charge in [0.05, 0.1) is 11.8 Å². The molecule has 0 bridgehead atoms. The average Bonchev–Trinajstić information content (AvgIpc) is 3.16. The third-order valence-corrected chi connectivity index (χ3v) is 5.02. The molecule has 0 heterocycles. The van der Waals surface area contributed by atoms with Gasteiger partial charge in [-0.15, -0.1) is 0 Å². The molecule has 0 spiro atoms. The molecular weight excluding hydrogens is 262 g/mol. The lowest BCUT2D eigenvalue weighted by Gasteiger charge is -2.21. The maximum Gasteiger partial charge on any atom is 0.218 e. The fourth-order valence-electron chi connectivity index (χ4n) is 2.02. The summed E-state index contributed by atoms with van der Waals surface area (Å²) in [4.78, 5) is 0. The SMILES string of the molecule is N#CCCN(C1CC1)S(=O)(=O)Cc1ccccc1N. The first-order valence-electron chi connectivity index (χ1n) is 6.24. The summed E-state index contributed by atoms with van der Waals surface area (Å²) in [5.41, 5.74) is 6.89. The Bertz CT molecular complexity index is 588. The molecule has 19 heavy (non-hydrogen) atoms. The van der Waals surface area contributed by atoms with Gasteiger partial charge in [-0.1, -0.05) is 18.2 Å². The van der Waals surface area contributed by atoms with Crippen LogP contribution in [0.25, 0.3) is 0 Å². The fourth-order valence-corrected chi connectivity index (χ4v) is 3.87. The van der Waals surface area contributed by atoms with E-state index in [0.29, 0.717) is 11.3 Å². The summed E-state index contributed by atoms with van der Waals surface area (Å²) in [6.07, 6.45) is 1.99. The highest BCUT2D eigenvalue weighted by atomic mass is 32.2. The molecule has 5 nitrogen and oxygen atoms in total. The van der Waals surface area contributed by atoms with Gasteiger partial charge in [-0.05, 0) is 24.5 Å². The highest BCUT2D eigenvalue weighted by Crippen LogP contribution is 2.31. The molecular formula is C13H17N3O2S. The number of nitrogen functional groups attached to an aromatic ring is 1. The number of rotatable bonds is 6. The van der Waals surface area contributed by atoms with Crippen LogP contribution in [0.2, 0.25) is 0 Å². The zero-order valence-corrected chi connectivity index (χ0v) is 11.4. The van der Waals surface area contributed by atoms with Crippen molar-refractivity contribution in [2.24, 2.45) is 0 Å². The minimum atomic E-state index is -3.40. The first-order chi connectivity index (χ1) is 9.04. The predicted molar refractivity (Wildman–Crippen MR) is 73.4 cm³/mol. The maximum atomic E-state index is 12.4. The Balaban J connectivity index is 2.16. The van der Waals surface area contributed by atoms with Crippen molar-refractivity contribution < 1.29 is 8.42 Å². The second-order valence-corrected chi connectivity index (χ2v) is 6.63. The highest BCUT2D eigenvalue weighted by molar-refractivity contribution is 7.88. The Kier molecular flexibility index (Phi) is 4.08. The van der Waals surface area contributed by atoms with E-state index in [2.05, 4.69) is 0 Å². The summed E-state index contributed by atoms with van der Waals surface area (Å²) in [5.74, 6) is -0.0956. The minimum Gasteiger partial charge on any atom is -0.398 e. The average molecular weight is 279 g/mol. The number of hydrogen-bond acceptors (Lipinski definition) is 4. The molecule has 1 aliphatic carbocycles. The quantitative estimate of drug-likeness (QED) is 0.799. The Morgan fingerprint density at radius 1 is 1.37 bits per heavy atom. The van der Waals surface area contributed by atoms with E-state index in [1.807, 2.05) is 6.07 Å². The molecule has 1 aromatic carbocycles. The van der Waals surface area contributed by atoms with E-state index in [-0.39, 0.29) is 24.8 Å². The molecule has 0 saturated heterocycles. The zero-order chi connectivity index (χ0) is 13.9. The molecule has 0 atom stereocenters. The van der Waals surface area contributed by atoms with Crippen LogP contribution >= 0.6 is 0 Å². The van der Waals surface area contributed by atoms with Crippen LogP contribution < -0.4 is 5.73 Å². The summed E-state index contributed by atoms with van der Waals surface area (Å²) in [5, 5.41) is 8.63. The van der Waals surface area contributed by atoms with Crippen molar-refractivity contribution >= 4 is 15.7 Å². The molecule has 1 aliphatic rings. The van der Waals surface area contributed by atoms with E-state index in [1.165, 1.54) is 4.31 Å². The summed E-state index contributed by atoms with van der Waals surface area (Å²) in [6.45, 7) is 0.274. The van der Waals surface area contributed by atoms with E-state index < -0.39 is 10.0 Å². The van der Waals surface area contributed by atoms with Gasteiger partial charge in [0, 0.05) is 24.7 Å². The molecule has 1 saturated carbocycles. The lowest BCUT2D eigenvalue weighted by atomic mass is 10.2. The summed E-state index contributed by atoms with van der Waals surface area (Å²) in [7, 11) is -3.40. The lowest BCUT2D eigenvalue weighted by Crippen LogP contribution is -2.35. The van der Waals surface area contributed by atoms with E-state index in [0.717, 1.165) is 12.8 Å². The van der Waals surface area contributed by atoms with Crippen LogP contribution in [0.15, 0.2) is 24.3 Å². The number of nitrogens with two attached hydrogens (primary N) is 1. The van der Waals surface area contributed by atoms with E-state index >= 15 is 0 Å². The van der Waals surface area contributed by atoms with Gasteiger partial charge < -0.3 is 5.73 Å². The van der Waals surface area contributed by atoms with Gasteiger partial charge in [0.2, 0.25) is 10.0 Å². The third-order valence-electron chi connectivity index (χ3n) is 3.15. The first-order valence-corrected chi connectivity index (χ1v) is 7.85. The van der Waals surface area contributed by atoms with Crippen molar-refractivity contribution in [1.29, 1.82) is 5.26 Å². The lowest BCUT2D eigenvalue weighted by molar-refractivity contribution is 0.410. The Labute approximate surface area is 113 Å². The molecule has 6 heteroatoms. The van der Waals surface area contributed by atoms with Crippen LogP contribution in [-0.4, -0.2) is 25.3 Å². The van der Waals surface area contributed by atoms with Crippen molar-refractivity contribution in [2.75, 3.05) is 12.3 Å². The van der Waals surface area contributed by atoms with Crippen molar-refractivity contribution in [2.45, 2.75) is 31.1 Å². The summed E-state index contributed by atoms with van der Waals surface area (Å²) >= 11 is 0. The Morgan fingerprint density at radius 2 is 2.05 bits per heavy atom. The summed E-state index contributed by atoms with van der Waals surface area (Å²) < 4.78 is 26.3.